The van der Waals surface area contributed by atoms with Crippen molar-refractivity contribution in [3.63, 3.8) is 0 Å². The Bertz CT molecular complexity index is 320. The molecule has 0 aliphatic heterocycles. The number of aryl methyl sites for hydroxylation is 1. The minimum absolute atomic E-state index is 0.317. The fourth-order valence-corrected chi connectivity index (χ4v) is 1.55. The van der Waals surface area contributed by atoms with Gasteiger partial charge in [-0.15, -0.1) is 0 Å². The number of halogens is 1. The SMILES string of the molecule is Cc1nc(N)ccc1C(O)C(O)CBr. The number of hydrogen-bond donors (Lipinski definition) is 3. The molecule has 0 aliphatic rings. The van der Waals surface area contributed by atoms with Crippen LogP contribution in [0.3, 0.4) is 0 Å². The maximum Gasteiger partial charge on any atom is 0.123 e. The molecule has 0 saturated heterocycles. The van der Waals surface area contributed by atoms with E-state index in [-0.39, 0.29) is 0 Å². The lowest BCUT2D eigenvalue weighted by molar-refractivity contribution is 0.0336. The molecular weight excluding hydrogens is 248 g/mol. The number of nitrogen functional groups attached to an aromatic ring is 1. The van der Waals surface area contributed by atoms with Crippen LogP contribution in [0.1, 0.15) is 17.4 Å². The van der Waals surface area contributed by atoms with Gasteiger partial charge in [-0.05, 0) is 13.0 Å². The van der Waals surface area contributed by atoms with Gasteiger partial charge >= 0.3 is 0 Å². The van der Waals surface area contributed by atoms with Gasteiger partial charge in [-0.2, -0.15) is 0 Å². The predicted molar refractivity (Wildman–Crippen MR) is 58.1 cm³/mol. The van der Waals surface area contributed by atoms with Crippen LogP contribution < -0.4 is 5.73 Å². The van der Waals surface area contributed by atoms with E-state index in [2.05, 4.69) is 20.9 Å². The standard InChI is InChI=1S/C9H13BrN2O2/c1-5-6(2-3-8(11)12-5)9(14)7(13)4-10/h2-3,7,9,13-14H,4H2,1H3,(H2,11,12). The number of anilines is 1. The number of aliphatic hydroxyl groups excluding tert-OH is 2. The molecule has 1 aromatic heterocycles. The van der Waals surface area contributed by atoms with Gasteiger partial charge in [-0.25, -0.2) is 4.98 Å². The molecule has 78 valence electrons. The second kappa shape index (κ2) is 4.72. The number of alkyl halides is 1. The fraction of sp³-hybridized carbons (Fsp3) is 0.444. The van der Waals surface area contributed by atoms with Crippen LogP contribution in [0.4, 0.5) is 5.82 Å². The molecule has 0 saturated carbocycles. The molecule has 2 unspecified atom stereocenters. The third kappa shape index (κ3) is 2.43. The van der Waals surface area contributed by atoms with Crippen LogP contribution in [-0.2, 0) is 0 Å². The highest BCUT2D eigenvalue weighted by Crippen LogP contribution is 2.21. The molecule has 5 heteroatoms. The van der Waals surface area contributed by atoms with Crippen molar-refractivity contribution >= 4 is 21.7 Å². The predicted octanol–water partition coefficient (Wildman–Crippen LogP) is 0.761. The van der Waals surface area contributed by atoms with Crippen molar-refractivity contribution in [3.05, 3.63) is 23.4 Å². The Kier molecular flexibility index (Phi) is 3.86. The smallest absolute Gasteiger partial charge is 0.123 e. The van der Waals surface area contributed by atoms with E-state index in [9.17, 15) is 10.2 Å². The summed E-state index contributed by atoms with van der Waals surface area (Å²) in [5.74, 6) is 0.409. The summed E-state index contributed by atoms with van der Waals surface area (Å²) in [7, 11) is 0. The number of hydrogen-bond acceptors (Lipinski definition) is 4. The molecule has 1 rings (SSSR count). The maximum absolute atomic E-state index is 9.70. The van der Waals surface area contributed by atoms with Crippen LogP contribution in [0.15, 0.2) is 12.1 Å². The summed E-state index contributed by atoms with van der Waals surface area (Å²) in [5.41, 5.74) is 6.71. The largest absolute Gasteiger partial charge is 0.389 e. The van der Waals surface area contributed by atoms with Crippen molar-refractivity contribution in [1.82, 2.24) is 4.98 Å². The van der Waals surface area contributed by atoms with Gasteiger partial charge in [0.15, 0.2) is 0 Å². The normalized spacial score (nSPS) is 15.1. The van der Waals surface area contributed by atoms with Crippen LogP contribution in [0.25, 0.3) is 0 Å². The molecule has 14 heavy (non-hydrogen) atoms. The number of nitrogens with two attached hydrogens (primary N) is 1. The van der Waals surface area contributed by atoms with Crippen LogP contribution in [0.5, 0.6) is 0 Å². The molecule has 2 atom stereocenters. The summed E-state index contributed by atoms with van der Waals surface area (Å²) in [5, 5.41) is 19.4. The van der Waals surface area contributed by atoms with E-state index < -0.39 is 12.2 Å². The molecule has 0 aliphatic carbocycles. The highest BCUT2D eigenvalue weighted by atomic mass is 79.9. The second-order valence-corrected chi connectivity index (χ2v) is 3.72. The average Bonchev–Trinajstić information content (AvgIpc) is 2.15. The van der Waals surface area contributed by atoms with Crippen LogP contribution in [-0.4, -0.2) is 26.6 Å². The van der Waals surface area contributed by atoms with E-state index in [0.29, 0.717) is 22.4 Å². The lowest BCUT2D eigenvalue weighted by Gasteiger charge is -2.17. The lowest BCUT2D eigenvalue weighted by Crippen LogP contribution is -2.20. The molecule has 1 aromatic rings. The molecule has 0 spiro atoms. The van der Waals surface area contributed by atoms with E-state index in [1.54, 1.807) is 19.1 Å². The van der Waals surface area contributed by atoms with Gasteiger partial charge in [-0.3, -0.25) is 0 Å². The highest BCUT2D eigenvalue weighted by Gasteiger charge is 2.19. The quantitative estimate of drug-likeness (QED) is 0.702. The van der Waals surface area contributed by atoms with Crippen molar-refractivity contribution in [1.29, 1.82) is 0 Å². The highest BCUT2D eigenvalue weighted by molar-refractivity contribution is 9.09. The van der Waals surface area contributed by atoms with Gasteiger partial charge in [0, 0.05) is 16.6 Å². The molecule has 0 fully saturated rings. The zero-order valence-corrected chi connectivity index (χ0v) is 9.40. The van der Waals surface area contributed by atoms with E-state index in [0.717, 1.165) is 0 Å². The summed E-state index contributed by atoms with van der Waals surface area (Å²) in [4.78, 5) is 4.00. The zero-order chi connectivity index (χ0) is 10.7. The van der Waals surface area contributed by atoms with Crippen LogP contribution >= 0.6 is 15.9 Å². The summed E-state index contributed by atoms with van der Waals surface area (Å²) in [6, 6.07) is 3.28. The average molecular weight is 261 g/mol. The van der Waals surface area contributed by atoms with Crippen molar-refractivity contribution in [3.8, 4) is 0 Å². The number of aromatic nitrogens is 1. The molecule has 0 amide bonds. The fourth-order valence-electron chi connectivity index (χ4n) is 1.20. The summed E-state index contributed by atoms with van der Waals surface area (Å²) in [6.07, 6.45) is -1.76. The first kappa shape index (κ1) is 11.4. The molecular formula is C9H13BrN2O2. The van der Waals surface area contributed by atoms with Gasteiger partial charge in [0.2, 0.25) is 0 Å². The van der Waals surface area contributed by atoms with E-state index in [1.807, 2.05) is 0 Å². The molecule has 0 radical (unpaired) electrons. The number of pyridine rings is 1. The third-order valence-corrected chi connectivity index (χ3v) is 2.65. The Labute approximate surface area is 90.9 Å². The molecule has 1 heterocycles. The van der Waals surface area contributed by atoms with Crippen LogP contribution in [0.2, 0.25) is 0 Å². The van der Waals surface area contributed by atoms with Crippen molar-refractivity contribution < 1.29 is 10.2 Å². The Morgan fingerprint density at radius 3 is 2.64 bits per heavy atom. The van der Waals surface area contributed by atoms with E-state index in [1.165, 1.54) is 0 Å². The monoisotopic (exact) mass is 260 g/mol. The molecule has 0 bridgehead atoms. The maximum atomic E-state index is 9.70. The number of rotatable bonds is 3. The van der Waals surface area contributed by atoms with Gasteiger partial charge < -0.3 is 15.9 Å². The van der Waals surface area contributed by atoms with Gasteiger partial charge in [0.25, 0.3) is 0 Å². The molecule has 0 aromatic carbocycles. The molecule has 4 N–H and O–H groups in total. The summed E-state index contributed by atoms with van der Waals surface area (Å²) in [6.45, 7) is 1.75. The zero-order valence-electron chi connectivity index (χ0n) is 7.81. The minimum Gasteiger partial charge on any atom is -0.389 e. The Hall–Kier alpha value is -0.650. The van der Waals surface area contributed by atoms with Crippen LogP contribution in [0, 0.1) is 6.92 Å². The van der Waals surface area contributed by atoms with Crippen molar-refractivity contribution in [2.75, 3.05) is 11.1 Å². The molecule has 4 nitrogen and oxygen atoms in total. The second-order valence-electron chi connectivity index (χ2n) is 3.08. The third-order valence-electron chi connectivity index (χ3n) is 1.99. The van der Waals surface area contributed by atoms with Gasteiger partial charge in [0.1, 0.15) is 11.9 Å². The summed E-state index contributed by atoms with van der Waals surface area (Å²) < 4.78 is 0. The van der Waals surface area contributed by atoms with Crippen molar-refractivity contribution in [2.45, 2.75) is 19.1 Å². The minimum atomic E-state index is -0.928. The van der Waals surface area contributed by atoms with Gasteiger partial charge in [-0.1, -0.05) is 22.0 Å². The Balaban J connectivity index is 2.95. The first-order valence-corrected chi connectivity index (χ1v) is 5.33. The number of nitrogens with zero attached hydrogens (tertiary/aromatic N) is 1. The first-order chi connectivity index (χ1) is 6.56. The summed E-state index contributed by atoms with van der Waals surface area (Å²) >= 11 is 3.10. The van der Waals surface area contributed by atoms with Crippen molar-refractivity contribution in [2.24, 2.45) is 0 Å². The first-order valence-electron chi connectivity index (χ1n) is 4.21. The number of aliphatic hydroxyl groups is 2. The van der Waals surface area contributed by atoms with Gasteiger partial charge in [0.05, 0.1) is 6.10 Å². The van der Waals surface area contributed by atoms with E-state index >= 15 is 0 Å². The Morgan fingerprint density at radius 2 is 2.14 bits per heavy atom. The topological polar surface area (TPSA) is 79.4 Å². The lowest BCUT2D eigenvalue weighted by atomic mass is 10.0. The van der Waals surface area contributed by atoms with E-state index in [4.69, 9.17) is 5.73 Å². The Morgan fingerprint density at radius 1 is 1.50 bits per heavy atom.